The third-order valence-corrected chi connectivity index (χ3v) is 5.41. The lowest BCUT2D eigenvalue weighted by Gasteiger charge is -2.16. The van der Waals surface area contributed by atoms with Crippen LogP contribution in [0.1, 0.15) is 39.8 Å². The number of aliphatic hydroxyl groups excluding tert-OH is 3. The van der Waals surface area contributed by atoms with Gasteiger partial charge < -0.3 is 24.8 Å². The summed E-state index contributed by atoms with van der Waals surface area (Å²) in [5.74, 6) is 1.16. The van der Waals surface area contributed by atoms with E-state index in [-0.39, 0.29) is 6.10 Å². The van der Waals surface area contributed by atoms with Gasteiger partial charge in [-0.05, 0) is 19.8 Å². The average Bonchev–Trinajstić information content (AvgIpc) is 3.21. The second kappa shape index (κ2) is 8.65. The minimum absolute atomic E-state index is 0.0637. The first-order valence-electron chi connectivity index (χ1n) is 9.04. The van der Waals surface area contributed by atoms with Gasteiger partial charge in [-0.3, -0.25) is 0 Å². The van der Waals surface area contributed by atoms with Crippen molar-refractivity contribution < 1.29 is 24.8 Å². The van der Waals surface area contributed by atoms with Gasteiger partial charge in [0.2, 0.25) is 5.88 Å². The zero-order valence-electron chi connectivity index (χ0n) is 15.5. The van der Waals surface area contributed by atoms with Crippen molar-refractivity contribution in [3.63, 3.8) is 0 Å². The number of aliphatic hydroxyl groups is 3. The van der Waals surface area contributed by atoms with Crippen LogP contribution in [0.5, 0.6) is 5.88 Å². The summed E-state index contributed by atoms with van der Waals surface area (Å²) in [6, 6.07) is 0. The summed E-state index contributed by atoms with van der Waals surface area (Å²) in [7, 11) is 0. The van der Waals surface area contributed by atoms with Crippen molar-refractivity contribution in [1.29, 1.82) is 0 Å². The van der Waals surface area contributed by atoms with Gasteiger partial charge in [0, 0.05) is 5.75 Å². The number of rotatable bonds is 8. The molecule has 3 heterocycles. The van der Waals surface area contributed by atoms with Crippen molar-refractivity contribution in [2.75, 3.05) is 12.4 Å². The third kappa shape index (κ3) is 4.02. The zero-order chi connectivity index (χ0) is 19.6. The maximum atomic E-state index is 10.3. The van der Waals surface area contributed by atoms with Crippen molar-refractivity contribution in [3.8, 4) is 5.88 Å². The molecular formula is C16H25N5O5S. The number of nitrogens with zero attached hydrogens (tertiary/aromatic N) is 5. The van der Waals surface area contributed by atoms with Crippen LogP contribution < -0.4 is 4.74 Å². The van der Waals surface area contributed by atoms with Crippen molar-refractivity contribution in [3.05, 3.63) is 0 Å². The first-order chi connectivity index (χ1) is 13.0. The molecule has 1 aliphatic heterocycles. The van der Waals surface area contributed by atoms with Crippen LogP contribution in [0.15, 0.2) is 5.16 Å². The monoisotopic (exact) mass is 399 g/mol. The Morgan fingerprint density at radius 3 is 2.67 bits per heavy atom. The molecule has 0 saturated carbocycles. The first-order valence-corrected chi connectivity index (χ1v) is 10.0. The Morgan fingerprint density at radius 2 is 2.04 bits per heavy atom. The lowest BCUT2D eigenvalue weighted by molar-refractivity contribution is -0.0575. The fourth-order valence-electron chi connectivity index (χ4n) is 2.65. The van der Waals surface area contributed by atoms with E-state index in [1.54, 1.807) is 0 Å². The largest absolute Gasteiger partial charge is 0.473 e. The van der Waals surface area contributed by atoms with Crippen molar-refractivity contribution in [1.82, 2.24) is 25.0 Å². The summed E-state index contributed by atoms with van der Waals surface area (Å²) in [5, 5.41) is 38.3. The van der Waals surface area contributed by atoms with E-state index in [1.165, 1.54) is 16.4 Å². The Balaban J connectivity index is 2.03. The van der Waals surface area contributed by atoms with Gasteiger partial charge in [-0.2, -0.15) is 9.67 Å². The van der Waals surface area contributed by atoms with E-state index >= 15 is 0 Å². The summed E-state index contributed by atoms with van der Waals surface area (Å²) in [4.78, 5) is 8.95. The molecule has 0 bridgehead atoms. The van der Waals surface area contributed by atoms with Gasteiger partial charge in [0.15, 0.2) is 22.5 Å². The van der Waals surface area contributed by atoms with E-state index in [1.807, 2.05) is 13.8 Å². The fourth-order valence-corrected chi connectivity index (χ4v) is 3.34. The van der Waals surface area contributed by atoms with Crippen molar-refractivity contribution >= 4 is 22.9 Å². The van der Waals surface area contributed by atoms with Crippen LogP contribution in [0.2, 0.25) is 0 Å². The van der Waals surface area contributed by atoms with E-state index < -0.39 is 31.1 Å². The summed E-state index contributed by atoms with van der Waals surface area (Å²) < 4.78 is 12.7. The highest BCUT2D eigenvalue weighted by atomic mass is 32.2. The molecule has 1 saturated heterocycles. The quantitative estimate of drug-likeness (QED) is 0.425. The minimum Gasteiger partial charge on any atom is -0.473 e. The highest BCUT2D eigenvalue weighted by Gasteiger charge is 2.45. The number of thioether (sulfide) groups is 1. The van der Waals surface area contributed by atoms with Crippen LogP contribution >= 0.6 is 11.8 Å². The summed E-state index contributed by atoms with van der Waals surface area (Å²) in [5.41, 5.74) is 0.700. The predicted octanol–water partition coefficient (Wildman–Crippen LogP) is 0.512. The molecule has 1 aliphatic rings. The van der Waals surface area contributed by atoms with Gasteiger partial charge >= 0.3 is 0 Å². The molecule has 27 heavy (non-hydrogen) atoms. The van der Waals surface area contributed by atoms with Crippen LogP contribution in [-0.2, 0) is 4.74 Å². The van der Waals surface area contributed by atoms with Crippen LogP contribution in [0.3, 0.4) is 0 Å². The van der Waals surface area contributed by atoms with Gasteiger partial charge in [0.1, 0.15) is 18.3 Å². The molecule has 0 aliphatic carbocycles. The number of hydrogen-bond donors (Lipinski definition) is 3. The standard InChI is InChI=1S/C16H25N5O5S/c1-4-6-27-16-17-13-10(14(18-16)25-8(3)5-2)19-20-21(13)15-12(24)11(23)9(7-22)26-15/h8-9,11-12,15,22-24H,4-7H2,1-3H3/t8?,9-,11-,12-,15-/m1/s1. The third-order valence-electron chi connectivity index (χ3n) is 4.35. The highest BCUT2D eigenvalue weighted by Crippen LogP contribution is 2.33. The fraction of sp³-hybridized carbons (Fsp3) is 0.750. The van der Waals surface area contributed by atoms with Crippen LogP contribution in [0.4, 0.5) is 0 Å². The molecule has 150 valence electrons. The van der Waals surface area contributed by atoms with Gasteiger partial charge in [-0.1, -0.05) is 30.8 Å². The molecule has 5 atom stereocenters. The molecular weight excluding hydrogens is 374 g/mol. The molecule has 0 radical (unpaired) electrons. The normalized spacial score (nSPS) is 26.6. The van der Waals surface area contributed by atoms with Crippen LogP contribution in [0.25, 0.3) is 11.2 Å². The van der Waals surface area contributed by atoms with E-state index in [4.69, 9.17) is 9.47 Å². The summed E-state index contributed by atoms with van der Waals surface area (Å²) in [6.07, 6.45) is -2.73. The van der Waals surface area contributed by atoms with E-state index in [0.29, 0.717) is 22.2 Å². The van der Waals surface area contributed by atoms with Crippen LogP contribution in [-0.4, -0.2) is 77.1 Å². The van der Waals surface area contributed by atoms with E-state index in [2.05, 4.69) is 27.2 Å². The van der Waals surface area contributed by atoms with E-state index in [0.717, 1.165) is 18.6 Å². The minimum atomic E-state index is -1.27. The second-order valence-electron chi connectivity index (χ2n) is 6.43. The number of fused-ring (bicyclic) bond motifs is 1. The molecule has 10 nitrogen and oxygen atoms in total. The highest BCUT2D eigenvalue weighted by molar-refractivity contribution is 7.99. The summed E-state index contributed by atoms with van der Waals surface area (Å²) in [6.45, 7) is 5.58. The molecule has 3 rings (SSSR count). The van der Waals surface area contributed by atoms with E-state index in [9.17, 15) is 15.3 Å². The van der Waals surface area contributed by atoms with Gasteiger partial charge in [-0.15, -0.1) is 5.10 Å². The molecule has 3 N–H and O–H groups in total. The first kappa shape index (κ1) is 20.2. The van der Waals surface area contributed by atoms with Crippen LogP contribution in [0, 0.1) is 0 Å². The Morgan fingerprint density at radius 1 is 1.26 bits per heavy atom. The second-order valence-corrected chi connectivity index (χ2v) is 7.49. The van der Waals surface area contributed by atoms with Crippen molar-refractivity contribution in [2.45, 2.75) is 69.4 Å². The lowest BCUT2D eigenvalue weighted by atomic mass is 10.1. The average molecular weight is 399 g/mol. The van der Waals surface area contributed by atoms with Gasteiger partial charge in [0.05, 0.1) is 12.7 Å². The molecule has 11 heteroatoms. The van der Waals surface area contributed by atoms with Gasteiger partial charge in [0.25, 0.3) is 0 Å². The maximum Gasteiger partial charge on any atom is 0.248 e. The Bertz CT molecular complexity index is 775. The zero-order valence-corrected chi connectivity index (χ0v) is 16.3. The Labute approximate surface area is 160 Å². The van der Waals surface area contributed by atoms with Crippen molar-refractivity contribution in [2.24, 2.45) is 0 Å². The molecule has 1 unspecified atom stereocenters. The molecule has 0 aromatic carbocycles. The Kier molecular flexibility index (Phi) is 6.48. The lowest BCUT2D eigenvalue weighted by Crippen LogP contribution is -2.33. The Hall–Kier alpha value is -1.53. The predicted molar refractivity (Wildman–Crippen MR) is 97.5 cm³/mol. The topological polar surface area (TPSA) is 136 Å². The van der Waals surface area contributed by atoms with Gasteiger partial charge in [-0.25, -0.2) is 4.98 Å². The number of aromatic nitrogens is 5. The number of ether oxygens (including phenoxy) is 2. The number of hydrogen-bond acceptors (Lipinski definition) is 10. The molecule has 2 aromatic heterocycles. The molecule has 2 aromatic rings. The molecule has 1 fully saturated rings. The smallest absolute Gasteiger partial charge is 0.248 e. The SMILES string of the molecule is CCCSc1nc(OC(C)CC)c2nnn([C@@H]3O[C@H](CO)[C@@H](O)[C@H]3O)c2n1. The molecule has 0 amide bonds. The molecule has 0 spiro atoms. The summed E-state index contributed by atoms with van der Waals surface area (Å²) >= 11 is 1.48. The maximum absolute atomic E-state index is 10.3.